The van der Waals surface area contributed by atoms with E-state index in [1.54, 1.807) is 6.20 Å². The Labute approximate surface area is 104 Å². The van der Waals surface area contributed by atoms with Crippen LogP contribution in [-0.2, 0) is 13.1 Å². The summed E-state index contributed by atoms with van der Waals surface area (Å²) in [6, 6.07) is 7.86. The van der Waals surface area contributed by atoms with Crippen molar-refractivity contribution in [2.24, 2.45) is 0 Å². The van der Waals surface area contributed by atoms with Crippen molar-refractivity contribution in [1.29, 1.82) is 0 Å². The number of nitrogens with zero attached hydrogens (tertiary/aromatic N) is 3. The largest absolute Gasteiger partial charge is 0.360 e. The third-order valence-corrected chi connectivity index (χ3v) is 2.91. The van der Waals surface area contributed by atoms with Gasteiger partial charge >= 0.3 is 0 Å². The summed E-state index contributed by atoms with van der Waals surface area (Å²) >= 11 is 0. The van der Waals surface area contributed by atoms with Crippen LogP contribution in [0.3, 0.4) is 0 Å². The predicted octanol–water partition coefficient (Wildman–Crippen LogP) is 1.92. The molecule has 0 bridgehead atoms. The Morgan fingerprint density at radius 1 is 1.28 bits per heavy atom. The Morgan fingerprint density at radius 3 is 3.06 bits per heavy atom. The second-order valence-corrected chi connectivity index (χ2v) is 4.16. The summed E-state index contributed by atoms with van der Waals surface area (Å²) in [6.07, 6.45) is 3.68. The van der Waals surface area contributed by atoms with Crippen molar-refractivity contribution in [3.63, 3.8) is 0 Å². The summed E-state index contributed by atoms with van der Waals surface area (Å²) in [7, 11) is 0. The summed E-state index contributed by atoms with van der Waals surface area (Å²) in [4.78, 5) is 4.52. The monoisotopic (exact) mass is 242 g/mol. The molecule has 0 amide bonds. The number of hydrogen-bond acceptors (Lipinski definition) is 4. The highest BCUT2D eigenvalue weighted by Crippen LogP contribution is 2.11. The maximum atomic E-state index is 5.04. The molecule has 0 radical (unpaired) electrons. The zero-order valence-electron chi connectivity index (χ0n) is 10.1. The highest BCUT2D eigenvalue weighted by atomic mass is 16.5. The molecule has 0 atom stereocenters. The van der Waals surface area contributed by atoms with E-state index in [0.29, 0.717) is 6.54 Å². The Balaban J connectivity index is 1.76. The maximum absolute atomic E-state index is 5.04. The van der Waals surface area contributed by atoms with Crippen LogP contribution in [0.15, 0.2) is 41.2 Å². The molecule has 18 heavy (non-hydrogen) atoms. The molecule has 0 spiro atoms. The zero-order valence-corrected chi connectivity index (χ0v) is 10.1. The molecule has 0 saturated carbocycles. The lowest BCUT2D eigenvalue weighted by Gasteiger charge is -2.03. The van der Waals surface area contributed by atoms with Gasteiger partial charge in [-0.05, 0) is 19.1 Å². The van der Waals surface area contributed by atoms with Gasteiger partial charge in [-0.1, -0.05) is 11.2 Å². The number of fused-ring (bicyclic) bond motifs is 1. The van der Waals surface area contributed by atoms with Gasteiger partial charge < -0.3 is 14.2 Å². The minimum atomic E-state index is 0.666. The van der Waals surface area contributed by atoms with Gasteiger partial charge in [0.05, 0.1) is 24.1 Å². The molecular weight excluding hydrogens is 228 g/mol. The average molecular weight is 242 g/mol. The smallest absolute Gasteiger partial charge is 0.150 e. The number of aryl methyl sites for hydroxylation is 1. The van der Waals surface area contributed by atoms with E-state index in [4.69, 9.17) is 4.52 Å². The van der Waals surface area contributed by atoms with E-state index in [1.165, 1.54) is 5.69 Å². The van der Waals surface area contributed by atoms with Crippen LogP contribution >= 0.6 is 0 Å². The van der Waals surface area contributed by atoms with Crippen LogP contribution in [0.5, 0.6) is 0 Å². The summed E-state index contributed by atoms with van der Waals surface area (Å²) in [5, 5.41) is 7.00. The summed E-state index contributed by atoms with van der Waals surface area (Å²) in [6.45, 7) is 3.44. The Hall–Kier alpha value is -2.14. The highest BCUT2D eigenvalue weighted by Gasteiger charge is 2.07. The van der Waals surface area contributed by atoms with Gasteiger partial charge in [0, 0.05) is 18.8 Å². The quantitative estimate of drug-likeness (QED) is 0.759. The molecule has 0 fully saturated rings. The lowest BCUT2D eigenvalue weighted by molar-refractivity contribution is 0.372. The number of nitrogens with one attached hydrogen (secondary N) is 1. The number of imidazole rings is 1. The molecule has 3 aromatic rings. The van der Waals surface area contributed by atoms with E-state index in [1.807, 2.05) is 37.4 Å². The van der Waals surface area contributed by atoms with Crippen molar-refractivity contribution in [1.82, 2.24) is 19.9 Å². The number of aromatic nitrogens is 3. The van der Waals surface area contributed by atoms with Crippen molar-refractivity contribution >= 4 is 5.65 Å². The SMILES string of the molecule is Cc1nc2ccccn2c1CNCc1ccno1. The first-order chi connectivity index (χ1) is 8.84. The minimum Gasteiger partial charge on any atom is -0.360 e. The number of hydrogen-bond donors (Lipinski definition) is 1. The second kappa shape index (κ2) is 4.62. The van der Waals surface area contributed by atoms with Crippen LogP contribution in [0.4, 0.5) is 0 Å². The Morgan fingerprint density at radius 2 is 2.22 bits per heavy atom. The maximum Gasteiger partial charge on any atom is 0.150 e. The topological polar surface area (TPSA) is 55.4 Å². The van der Waals surface area contributed by atoms with Crippen molar-refractivity contribution < 1.29 is 4.52 Å². The molecule has 0 aliphatic heterocycles. The molecule has 3 heterocycles. The lowest BCUT2D eigenvalue weighted by Crippen LogP contribution is -2.14. The zero-order chi connectivity index (χ0) is 12.4. The van der Waals surface area contributed by atoms with Crippen molar-refractivity contribution in [2.75, 3.05) is 0 Å². The molecule has 5 heteroatoms. The van der Waals surface area contributed by atoms with E-state index in [9.17, 15) is 0 Å². The van der Waals surface area contributed by atoms with Crippen molar-refractivity contribution in [3.05, 3.63) is 53.8 Å². The van der Waals surface area contributed by atoms with Gasteiger partial charge in [-0.25, -0.2) is 4.98 Å². The number of rotatable bonds is 4. The van der Waals surface area contributed by atoms with Crippen molar-refractivity contribution in [2.45, 2.75) is 20.0 Å². The molecule has 0 saturated heterocycles. The van der Waals surface area contributed by atoms with Gasteiger partial charge in [-0.15, -0.1) is 0 Å². The summed E-state index contributed by atoms with van der Waals surface area (Å²) in [5.41, 5.74) is 3.20. The lowest BCUT2D eigenvalue weighted by atomic mass is 10.3. The fraction of sp³-hybridized carbons (Fsp3) is 0.231. The van der Waals surface area contributed by atoms with E-state index in [-0.39, 0.29) is 0 Å². The molecule has 3 aromatic heterocycles. The fourth-order valence-corrected chi connectivity index (χ4v) is 2.01. The number of pyridine rings is 1. The molecule has 92 valence electrons. The first-order valence-electron chi connectivity index (χ1n) is 5.87. The standard InChI is InChI=1S/C13H14N4O/c1-10-12(9-14-8-11-5-6-15-18-11)17-7-3-2-4-13(17)16-10/h2-7,14H,8-9H2,1H3. The van der Waals surface area contributed by atoms with Crippen LogP contribution < -0.4 is 5.32 Å². The second-order valence-electron chi connectivity index (χ2n) is 4.16. The Bertz CT molecular complexity index is 642. The Kier molecular flexibility index (Phi) is 2.82. The van der Waals surface area contributed by atoms with Gasteiger partial charge in [0.2, 0.25) is 0 Å². The van der Waals surface area contributed by atoms with Crippen molar-refractivity contribution in [3.8, 4) is 0 Å². The molecule has 0 unspecified atom stereocenters. The van der Waals surface area contributed by atoms with Crippen LogP contribution in [0.2, 0.25) is 0 Å². The summed E-state index contributed by atoms with van der Waals surface area (Å²) in [5.74, 6) is 0.835. The van der Waals surface area contributed by atoms with Crippen LogP contribution in [0.25, 0.3) is 5.65 Å². The van der Waals surface area contributed by atoms with Crippen LogP contribution in [0, 0.1) is 6.92 Å². The molecule has 3 rings (SSSR count). The average Bonchev–Trinajstić information content (AvgIpc) is 2.98. The van der Waals surface area contributed by atoms with Gasteiger partial charge in [0.15, 0.2) is 0 Å². The van der Waals surface area contributed by atoms with E-state index < -0.39 is 0 Å². The first kappa shape index (κ1) is 11.0. The normalized spacial score (nSPS) is 11.2. The van der Waals surface area contributed by atoms with E-state index in [0.717, 1.165) is 23.6 Å². The molecule has 5 nitrogen and oxygen atoms in total. The minimum absolute atomic E-state index is 0.666. The highest BCUT2D eigenvalue weighted by molar-refractivity contribution is 5.42. The molecular formula is C13H14N4O. The predicted molar refractivity (Wildman–Crippen MR) is 67.0 cm³/mol. The first-order valence-corrected chi connectivity index (χ1v) is 5.87. The van der Waals surface area contributed by atoms with E-state index >= 15 is 0 Å². The third-order valence-electron chi connectivity index (χ3n) is 2.91. The van der Waals surface area contributed by atoms with Gasteiger partial charge in [-0.3, -0.25) is 0 Å². The third kappa shape index (κ3) is 2.00. The van der Waals surface area contributed by atoms with Crippen LogP contribution in [-0.4, -0.2) is 14.5 Å². The molecule has 1 N–H and O–H groups in total. The molecule has 0 aromatic carbocycles. The molecule has 0 aliphatic rings. The van der Waals surface area contributed by atoms with Crippen LogP contribution in [0.1, 0.15) is 17.1 Å². The van der Waals surface area contributed by atoms with E-state index in [2.05, 4.69) is 19.9 Å². The fourth-order valence-electron chi connectivity index (χ4n) is 2.01. The van der Waals surface area contributed by atoms with Gasteiger partial charge in [-0.2, -0.15) is 0 Å². The van der Waals surface area contributed by atoms with Gasteiger partial charge in [0.1, 0.15) is 11.4 Å². The molecule has 0 aliphatic carbocycles. The van der Waals surface area contributed by atoms with Gasteiger partial charge in [0.25, 0.3) is 0 Å². The summed E-state index contributed by atoms with van der Waals surface area (Å²) < 4.78 is 7.14.